The van der Waals surface area contributed by atoms with Crippen molar-refractivity contribution in [3.63, 3.8) is 0 Å². The van der Waals surface area contributed by atoms with Crippen LogP contribution in [0.2, 0.25) is 0 Å². The van der Waals surface area contributed by atoms with E-state index in [-0.39, 0.29) is 23.2 Å². The Morgan fingerprint density at radius 1 is 1.56 bits per heavy atom. The van der Waals surface area contributed by atoms with Crippen LogP contribution in [0.3, 0.4) is 0 Å². The third-order valence-corrected chi connectivity index (χ3v) is 3.01. The normalized spacial score (nSPS) is 24.6. The van der Waals surface area contributed by atoms with Crippen LogP contribution in [0.1, 0.15) is 19.3 Å². The fourth-order valence-corrected chi connectivity index (χ4v) is 2.06. The number of hydrogen-bond donors (Lipinski definition) is 3. The van der Waals surface area contributed by atoms with Crippen LogP contribution in [0.25, 0.3) is 0 Å². The SMILES string of the molecule is NCC1CCCC1Oc1nc[nH]c(=O)c1N. The van der Waals surface area contributed by atoms with Gasteiger partial charge in [0, 0.05) is 5.92 Å². The van der Waals surface area contributed by atoms with Crippen LogP contribution >= 0.6 is 0 Å². The minimum Gasteiger partial charge on any atom is -0.472 e. The molecule has 0 bridgehead atoms. The first-order valence-corrected chi connectivity index (χ1v) is 5.42. The van der Waals surface area contributed by atoms with Crippen LogP contribution in [-0.2, 0) is 0 Å². The summed E-state index contributed by atoms with van der Waals surface area (Å²) in [7, 11) is 0. The number of rotatable bonds is 3. The smallest absolute Gasteiger partial charge is 0.277 e. The predicted molar refractivity (Wildman–Crippen MR) is 60.1 cm³/mol. The molecule has 1 aromatic heterocycles. The quantitative estimate of drug-likeness (QED) is 0.662. The molecule has 1 fully saturated rings. The number of ether oxygens (including phenoxy) is 1. The molecule has 5 N–H and O–H groups in total. The average Bonchev–Trinajstić information content (AvgIpc) is 2.72. The highest BCUT2D eigenvalue weighted by molar-refractivity contribution is 5.44. The van der Waals surface area contributed by atoms with E-state index in [1.54, 1.807) is 0 Å². The van der Waals surface area contributed by atoms with Gasteiger partial charge in [-0.2, -0.15) is 0 Å². The second kappa shape index (κ2) is 4.52. The first-order chi connectivity index (χ1) is 7.72. The topological polar surface area (TPSA) is 107 Å². The summed E-state index contributed by atoms with van der Waals surface area (Å²) >= 11 is 0. The first-order valence-electron chi connectivity index (χ1n) is 5.42. The van der Waals surface area contributed by atoms with Crippen LogP contribution in [0.5, 0.6) is 5.88 Å². The number of anilines is 1. The average molecular weight is 224 g/mol. The maximum Gasteiger partial charge on any atom is 0.277 e. The molecule has 2 unspecified atom stereocenters. The zero-order valence-corrected chi connectivity index (χ0v) is 8.98. The molecule has 0 aliphatic heterocycles. The molecule has 16 heavy (non-hydrogen) atoms. The number of hydrogen-bond acceptors (Lipinski definition) is 5. The van der Waals surface area contributed by atoms with Crippen LogP contribution in [0, 0.1) is 5.92 Å². The molecule has 0 aromatic carbocycles. The molecule has 88 valence electrons. The summed E-state index contributed by atoms with van der Waals surface area (Å²) in [5, 5.41) is 0. The van der Waals surface area contributed by atoms with E-state index in [0.717, 1.165) is 19.3 Å². The Labute approximate surface area is 93.0 Å². The fraction of sp³-hybridized carbons (Fsp3) is 0.600. The Kier molecular flexibility index (Phi) is 3.09. The molecule has 1 aromatic rings. The molecule has 6 nitrogen and oxygen atoms in total. The number of nitrogen functional groups attached to an aromatic ring is 1. The van der Waals surface area contributed by atoms with Gasteiger partial charge in [-0.3, -0.25) is 4.79 Å². The van der Waals surface area contributed by atoms with E-state index < -0.39 is 0 Å². The number of aromatic nitrogens is 2. The van der Waals surface area contributed by atoms with Crippen molar-refractivity contribution < 1.29 is 4.74 Å². The summed E-state index contributed by atoms with van der Waals surface area (Å²) in [6.45, 7) is 0.591. The van der Waals surface area contributed by atoms with Crippen molar-refractivity contribution in [1.82, 2.24) is 9.97 Å². The van der Waals surface area contributed by atoms with Gasteiger partial charge in [0.1, 0.15) is 6.10 Å². The first kappa shape index (κ1) is 10.9. The van der Waals surface area contributed by atoms with E-state index in [4.69, 9.17) is 16.2 Å². The Morgan fingerprint density at radius 3 is 3.12 bits per heavy atom. The molecule has 0 saturated heterocycles. The van der Waals surface area contributed by atoms with Gasteiger partial charge in [0.25, 0.3) is 5.56 Å². The van der Waals surface area contributed by atoms with Gasteiger partial charge in [-0.25, -0.2) is 4.98 Å². The van der Waals surface area contributed by atoms with Crippen LogP contribution in [0.15, 0.2) is 11.1 Å². The molecule has 1 saturated carbocycles. The minimum absolute atomic E-state index is 0.0293. The lowest BCUT2D eigenvalue weighted by atomic mass is 10.1. The van der Waals surface area contributed by atoms with E-state index in [1.807, 2.05) is 0 Å². The van der Waals surface area contributed by atoms with Crippen molar-refractivity contribution in [3.8, 4) is 5.88 Å². The number of nitrogens with one attached hydrogen (secondary N) is 1. The van der Waals surface area contributed by atoms with Gasteiger partial charge in [0.05, 0.1) is 6.33 Å². The summed E-state index contributed by atoms with van der Waals surface area (Å²) in [6, 6.07) is 0. The maximum absolute atomic E-state index is 11.2. The third-order valence-electron chi connectivity index (χ3n) is 3.01. The van der Waals surface area contributed by atoms with Crippen LogP contribution in [-0.4, -0.2) is 22.6 Å². The van der Waals surface area contributed by atoms with Crippen molar-refractivity contribution in [2.75, 3.05) is 12.3 Å². The predicted octanol–water partition coefficient (Wildman–Crippen LogP) is -0.142. The molecule has 1 heterocycles. The zero-order valence-electron chi connectivity index (χ0n) is 8.98. The lowest BCUT2D eigenvalue weighted by Gasteiger charge is -2.19. The number of H-pyrrole nitrogens is 1. The molecular weight excluding hydrogens is 208 g/mol. The van der Waals surface area contributed by atoms with E-state index >= 15 is 0 Å². The second-order valence-electron chi connectivity index (χ2n) is 4.03. The standard InChI is InChI=1S/C10H16N4O2/c11-4-6-2-1-3-7(6)16-10-8(12)9(15)13-5-14-10/h5-7H,1-4,11-12H2,(H,13,14,15). The number of nitrogens with zero attached hydrogens (tertiary/aromatic N) is 1. The van der Waals surface area contributed by atoms with Crippen LogP contribution < -0.4 is 21.8 Å². The monoisotopic (exact) mass is 224 g/mol. The third kappa shape index (κ3) is 2.01. The summed E-state index contributed by atoms with van der Waals surface area (Å²) in [5.74, 6) is 0.551. The van der Waals surface area contributed by atoms with Gasteiger partial charge in [-0.1, -0.05) is 0 Å². The Balaban J connectivity index is 2.14. The van der Waals surface area contributed by atoms with E-state index in [1.165, 1.54) is 6.33 Å². The fourth-order valence-electron chi connectivity index (χ4n) is 2.06. The van der Waals surface area contributed by atoms with Gasteiger partial charge in [-0.05, 0) is 25.8 Å². The van der Waals surface area contributed by atoms with Crippen LogP contribution in [0.4, 0.5) is 5.69 Å². The van der Waals surface area contributed by atoms with Crippen molar-refractivity contribution in [2.45, 2.75) is 25.4 Å². The summed E-state index contributed by atoms with van der Waals surface area (Å²) < 4.78 is 5.65. The summed E-state index contributed by atoms with van der Waals surface area (Å²) in [5.41, 5.74) is 10.9. The number of aromatic amines is 1. The Hall–Kier alpha value is -1.56. The van der Waals surface area contributed by atoms with Crippen molar-refractivity contribution in [3.05, 3.63) is 16.7 Å². The van der Waals surface area contributed by atoms with Gasteiger partial charge < -0.3 is 21.2 Å². The maximum atomic E-state index is 11.2. The molecular formula is C10H16N4O2. The van der Waals surface area contributed by atoms with Gasteiger partial charge >= 0.3 is 0 Å². The second-order valence-corrected chi connectivity index (χ2v) is 4.03. The number of nitrogens with two attached hydrogens (primary N) is 2. The highest BCUT2D eigenvalue weighted by Gasteiger charge is 2.28. The van der Waals surface area contributed by atoms with Crippen molar-refractivity contribution in [2.24, 2.45) is 11.7 Å². The zero-order chi connectivity index (χ0) is 11.5. The minimum atomic E-state index is -0.368. The lowest BCUT2D eigenvalue weighted by Crippen LogP contribution is -2.29. The molecule has 2 atom stereocenters. The lowest BCUT2D eigenvalue weighted by molar-refractivity contribution is 0.156. The molecule has 6 heteroatoms. The van der Waals surface area contributed by atoms with Gasteiger partial charge in [0.2, 0.25) is 5.88 Å². The molecule has 0 radical (unpaired) electrons. The largest absolute Gasteiger partial charge is 0.472 e. The summed E-state index contributed by atoms with van der Waals surface area (Å²) in [6.07, 6.45) is 4.41. The van der Waals surface area contributed by atoms with Gasteiger partial charge in [-0.15, -0.1) is 0 Å². The Bertz CT molecular complexity index is 418. The highest BCUT2D eigenvalue weighted by atomic mass is 16.5. The van der Waals surface area contributed by atoms with Gasteiger partial charge in [0.15, 0.2) is 5.69 Å². The molecule has 1 aliphatic rings. The molecule has 0 spiro atoms. The summed E-state index contributed by atoms with van der Waals surface area (Å²) in [4.78, 5) is 17.6. The van der Waals surface area contributed by atoms with E-state index in [2.05, 4.69) is 9.97 Å². The highest BCUT2D eigenvalue weighted by Crippen LogP contribution is 2.29. The molecule has 2 rings (SSSR count). The molecule has 1 aliphatic carbocycles. The Morgan fingerprint density at radius 2 is 2.38 bits per heavy atom. The van der Waals surface area contributed by atoms with E-state index in [9.17, 15) is 4.79 Å². The molecule has 0 amide bonds. The van der Waals surface area contributed by atoms with Crippen molar-refractivity contribution >= 4 is 5.69 Å². The van der Waals surface area contributed by atoms with E-state index in [0.29, 0.717) is 12.5 Å². The van der Waals surface area contributed by atoms with Crippen molar-refractivity contribution in [1.29, 1.82) is 0 Å².